The van der Waals surface area contributed by atoms with Gasteiger partial charge in [0.15, 0.2) is 0 Å². The van der Waals surface area contributed by atoms with Crippen LogP contribution < -0.4 is 5.32 Å². The summed E-state index contributed by atoms with van der Waals surface area (Å²) in [6, 6.07) is 2.31. The van der Waals surface area contributed by atoms with Crippen molar-refractivity contribution in [2.45, 2.75) is 57.8 Å². The zero-order chi connectivity index (χ0) is 12.6. The van der Waals surface area contributed by atoms with Crippen LogP contribution in [0.5, 0.6) is 0 Å². The molecule has 18 heavy (non-hydrogen) atoms. The molecule has 0 atom stereocenters. The van der Waals surface area contributed by atoms with Crippen molar-refractivity contribution >= 4 is 5.91 Å². The summed E-state index contributed by atoms with van der Waals surface area (Å²) in [6.45, 7) is 0.819. The third kappa shape index (κ3) is 2.02. The van der Waals surface area contributed by atoms with E-state index in [0.717, 1.165) is 38.1 Å². The highest BCUT2D eigenvalue weighted by atomic mass is 16.2. The van der Waals surface area contributed by atoms with Gasteiger partial charge in [0.25, 0.3) is 0 Å². The Morgan fingerprint density at radius 2 is 1.83 bits per heavy atom. The molecule has 3 fully saturated rings. The van der Waals surface area contributed by atoms with E-state index < -0.39 is 5.41 Å². The fourth-order valence-corrected chi connectivity index (χ4v) is 3.56. The molecule has 3 nitrogen and oxygen atoms in total. The van der Waals surface area contributed by atoms with Crippen molar-refractivity contribution in [1.82, 2.24) is 5.32 Å². The molecule has 0 aromatic carbocycles. The summed E-state index contributed by atoms with van der Waals surface area (Å²) >= 11 is 0. The molecular weight excluding hydrogens is 224 g/mol. The standard InChI is InChI=1S/C15H22N2O/c16-10-14(6-2-1-3-7-14)13(18)17-11-15(8-9-15)12-4-5-12/h12H,1-9,11H2,(H,17,18). The quantitative estimate of drug-likeness (QED) is 0.829. The minimum atomic E-state index is -0.710. The molecule has 3 rings (SSSR count). The molecule has 3 saturated carbocycles. The SMILES string of the molecule is N#CC1(C(=O)NCC2(C3CC3)CC2)CCCCC1. The number of rotatable bonds is 4. The van der Waals surface area contributed by atoms with Crippen LogP contribution in [0.4, 0.5) is 0 Å². The Kier molecular flexibility index (Phi) is 2.84. The van der Waals surface area contributed by atoms with Gasteiger partial charge in [-0.2, -0.15) is 5.26 Å². The number of hydrogen-bond donors (Lipinski definition) is 1. The van der Waals surface area contributed by atoms with Crippen molar-refractivity contribution in [3.05, 3.63) is 0 Å². The van der Waals surface area contributed by atoms with Gasteiger partial charge in [-0.3, -0.25) is 4.79 Å². The average molecular weight is 246 g/mol. The molecule has 3 aliphatic rings. The van der Waals surface area contributed by atoms with Gasteiger partial charge in [-0.15, -0.1) is 0 Å². The van der Waals surface area contributed by atoms with Gasteiger partial charge in [-0.1, -0.05) is 19.3 Å². The van der Waals surface area contributed by atoms with E-state index in [0.29, 0.717) is 5.41 Å². The zero-order valence-corrected chi connectivity index (χ0v) is 11.0. The maximum atomic E-state index is 12.3. The van der Waals surface area contributed by atoms with Crippen molar-refractivity contribution in [1.29, 1.82) is 5.26 Å². The van der Waals surface area contributed by atoms with Crippen LogP contribution in [-0.2, 0) is 4.79 Å². The lowest BCUT2D eigenvalue weighted by Crippen LogP contribution is -2.43. The topological polar surface area (TPSA) is 52.9 Å². The Labute approximate surface area is 109 Å². The molecular formula is C15H22N2O. The number of nitrogens with zero attached hydrogens (tertiary/aromatic N) is 1. The second-order valence-electron chi connectivity index (χ2n) is 6.57. The Bertz CT molecular complexity index is 382. The molecule has 98 valence electrons. The molecule has 3 heteroatoms. The van der Waals surface area contributed by atoms with Crippen molar-refractivity contribution in [2.75, 3.05) is 6.54 Å². The van der Waals surface area contributed by atoms with Gasteiger partial charge in [0.2, 0.25) is 5.91 Å². The van der Waals surface area contributed by atoms with E-state index in [1.807, 2.05) is 0 Å². The van der Waals surface area contributed by atoms with Crippen LogP contribution in [0.3, 0.4) is 0 Å². The lowest BCUT2D eigenvalue weighted by atomic mass is 9.74. The Hall–Kier alpha value is -1.04. The van der Waals surface area contributed by atoms with Crippen LogP contribution in [0.1, 0.15) is 57.8 Å². The predicted molar refractivity (Wildman–Crippen MR) is 68.5 cm³/mol. The van der Waals surface area contributed by atoms with Gasteiger partial charge in [0, 0.05) is 6.54 Å². The second kappa shape index (κ2) is 4.26. The average Bonchev–Trinajstić information content (AvgIpc) is 3.29. The number of nitriles is 1. The molecule has 0 spiro atoms. The van der Waals surface area contributed by atoms with Crippen LogP contribution in [0.2, 0.25) is 0 Å². The van der Waals surface area contributed by atoms with Crippen LogP contribution in [0.25, 0.3) is 0 Å². The van der Waals surface area contributed by atoms with Crippen molar-refractivity contribution in [3.8, 4) is 6.07 Å². The number of carbonyl (C=O) groups is 1. The minimum absolute atomic E-state index is 0.0108. The maximum absolute atomic E-state index is 12.3. The molecule has 0 bridgehead atoms. The molecule has 0 radical (unpaired) electrons. The van der Waals surface area contributed by atoms with Gasteiger partial charge in [-0.05, 0) is 49.9 Å². The smallest absolute Gasteiger partial charge is 0.240 e. The molecule has 0 saturated heterocycles. The molecule has 1 amide bonds. The summed E-state index contributed by atoms with van der Waals surface area (Å²) in [4.78, 5) is 12.3. The molecule has 0 unspecified atom stereocenters. The highest BCUT2D eigenvalue weighted by molar-refractivity contribution is 5.85. The number of hydrogen-bond acceptors (Lipinski definition) is 2. The van der Waals surface area contributed by atoms with Crippen molar-refractivity contribution < 1.29 is 4.79 Å². The van der Waals surface area contributed by atoms with E-state index in [1.54, 1.807) is 0 Å². The summed E-state index contributed by atoms with van der Waals surface area (Å²) in [5.41, 5.74) is -0.279. The first-order chi connectivity index (χ1) is 8.71. The largest absolute Gasteiger partial charge is 0.354 e. The first-order valence-electron chi connectivity index (χ1n) is 7.40. The molecule has 1 N–H and O–H groups in total. The van der Waals surface area contributed by atoms with Gasteiger partial charge < -0.3 is 5.32 Å². The summed E-state index contributed by atoms with van der Waals surface area (Å²) in [7, 11) is 0. The Balaban J connectivity index is 1.58. The van der Waals surface area contributed by atoms with E-state index in [9.17, 15) is 10.1 Å². The van der Waals surface area contributed by atoms with Gasteiger partial charge in [-0.25, -0.2) is 0 Å². The summed E-state index contributed by atoms with van der Waals surface area (Å²) in [5, 5.41) is 12.5. The fourth-order valence-electron chi connectivity index (χ4n) is 3.56. The van der Waals surface area contributed by atoms with Gasteiger partial charge in [0.1, 0.15) is 5.41 Å². The van der Waals surface area contributed by atoms with E-state index in [1.165, 1.54) is 32.1 Å². The highest BCUT2D eigenvalue weighted by Gasteiger charge is 2.54. The normalized spacial score (nSPS) is 28.2. The molecule has 0 heterocycles. The first-order valence-corrected chi connectivity index (χ1v) is 7.40. The molecule has 0 aliphatic heterocycles. The van der Waals surface area contributed by atoms with Crippen LogP contribution in [-0.4, -0.2) is 12.5 Å². The third-order valence-electron chi connectivity index (χ3n) is 5.29. The summed E-state index contributed by atoms with van der Waals surface area (Å²) < 4.78 is 0. The van der Waals surface area contributed by atoms with Crippen LogP contribution in [0, 0.1) is 28.1 Å². The predicted octanol–water partition coefficient (Wildman–Crippen LogP) is 2.77. The fraction of sp³-hybridized carbons (Fsp3) is 0.867. The van der Waals surface area contributed by atoms with E-state index in [2.05, 4.69) is 11.4 Å². The summed E-state index contributed by atoms with van der Waals surface area (Å²) in [5.74, 6) is 0.874. The van der Waals surface area contributed by atoms with Crippen molar-refractivity contribution in [3.63, 3.8) is 0 Å². The molecule has 0 aromatic heterocycles. The maximum Gasteiger partial charge on any atom is 0.240 e. The third-order valence-corrected chi connectivity index (χ3v) is 5.29. The minimum Gasteiger partial charge on any atom is -0.354 e. The molecule has 3 aliphatic carbocycles. The lowest BCUT2D eigenvalue weighted by Gasteiger charge is -2.30. The Morgan fingerprint density at radius 3 is 2.33 bits per heavy atom. The number of amides is 1. The van der Waals surface area contributed by atoms with Crippen LogP contribution >= 0.6 is 0 Å². The van der Waals surface area contributed by atoms with E-state index in [4.69, 9.17) is 0 Å². The number of nitrogens with one attached hydrogen (secondary N) is 1. The summed E-state index contributed by atoms with van der Waals surface area (Å²) in [6.07, 6.45) is 9.97. The second-order valence-corrected chi connectivity index (χ2v) is 6.57. The first kappa shape index (κ1) is 12.0. The van der Waals surface area contributed by atoms with Gasteiger partial charge >= 0.3 is 0 Å². The lowest BCUT2D eigenvalue weighted by molar-refractivity contribution is -0.129. The van der Waals surface area contributed by atoms with E-state index >= 15 is 0 Å². The molecule has 0 aromatic rings. The monoisotopic (exact) mass is 246 g/mol. The Morgan fingerprint density at radius 1 is 1.17 bits per heavy atom. The van der Waals surface area contributed by atoms with Crippen molar-refractivity contribution in [2.24, 2.45) is 16.7 Å². The van der Waals surface area contributed by atoms with E-state index in [-0.39, 0.29) is 5.91 Å². The highest BCUT2D eigenvalue weighted by Crippen LogP contribution is 2.60. The van der Waals surface area contributed by atoms with Gasteiger partial charge in [0.05, 0.1) is 6.07 Å². The zero-order valence-electron chi connectivity index (χ0n) is 11.0. The number of carbonyl (C=O) groups excluding carboxylic acids is 1. The van der Waals surface area contributed by atoms with Crippen LogP contribution in [0.15, 0.2) is 0 Å².